The molecule has 32 heavy (non-hydrogen) atoms. The first kappa shape index (κ1) is 21.1. The lowest BCUT2D eigenvalue weighted by Crippen LogP contribution is -2.32. The highest BCUT2D eigenvalue weighted by Crippen LogP contribution is 2.47. The van der Waals surface area contributed by atoms with Crippen molar-refractivity contribution in [2.45, 2.75) is 0 Å². The van der Waals surface area contributed by atoms with Gasteiger partial charge in [-0.25, -0.2) is 0 Å². The number of benzene rings is 3. The zero-order chi connectivity index (χ0) is 22.7. The molecule has 1 heterocycles. The molecule has 0 atom stereocenters. The monoisotopic (exact) mass is 448 g/mol. The quantitative estimate of drug-likeness (QED) is 0.118. The van der Waals surface area contributed by atoms with Crippen molar-refractivity contribution in [2.24, 2.45) is 0 Å². The molecule has 0 saturated heterocycles. The van der Waals surface area contributed by atoms with Gasteiger partial charge in [-0.2, -0.15) is 0 Å². The minimum absolute atomic E-state index is 0.0233. The molecular weight excluding hydrogens is 432 g/mol. The van der Waals surface area contributed by atoms with E-state index in [2.05, 4.69) is 0 Å². The Morgan fingerprint density at radius 3 is 2.06 bits per heavy atom. The van der Waals surface area contributed by atoms with E-state index in [0.29, 0.717) is 21.6 Å². The van der Waals surface area contributed by atoms with Gasteiger partial charge in [0, 0.05) is 6.07 Å². The molecule has 4 aromatic rings. The molecule has 0 fully saturated rings. The lowest BCUT2D eigenvalue weighted by Gasteiger charge is -2.16. The van der Waals surface area contributed by atoms with Crippen molar-refractivity contribution < 1.29 is 19.1 Å². The van der Waals surface area contributed by atoms with E-state index < -0.39 is 10.6 Å². The van der Waals surface area contributed by atoms with Crippen molar-refractivity contribution >= 4 is 17.3 Å². The summed E-state index contributed by atoms with van der Waals surface area (Å²) in [4.78, 5) is 11.7. The molecule has 0 unspecified atom stereocenters. The molecule has 0 radical (unpaired) electrons. The summed E-state index contributed by atoms with van der Waals surface area (Å²) in [6.45, 7) is 0. The van der Waals surface area contributed by atoms with Gasteiger partial charge in [-0.05, 0) is 41.4 Å². The van der Waals surface area contributed by atoms with Gasteiger partial charge in [0.2, 0.25) is 0 Å². The number of aromatic nitrogens is 1. The fraction of sp³-hybridized carbons (Fsp3) is 0.0417. The van der Waals surface area contributed by atoms with Crippen LogP contribution < -0.4 is 14.2 Å². The molecule has 0 amide bonds. The second kappa shape index (κ2) is 8.95. The van der Waals surface area contributed by atoms with Crippen LogP contribution in [0.3, 0.4) is 0 Å². The predicted octanol–water partition coefficient (Wildman–Crippen LogP) is 6.02. The molecule has 7 nitrogen and oxygen atoms in total. The molecule has 8 heteroatoms. The number of hydrogen-bond acceptors (Lipinski definition) is 5. The maximum Gasteiger partial charge on any atom is 0.334 e. The van der Waals surface area contributed by atoms with E-state index in [1.165, 1.54) is 7.11 Å². The Labute approximate surface area is 188 Å². The van der Waals surface area contributed by atoms with Gasteiger partial charge < -0.3 is 14.7 Å². The van der Waals surface area contributed by atoms with Crippen molar-refractivity contribution in [2.75, 3.05) is 7.11 Å². The summed E-state index contributed by atoms with van der Waals surface area (Å²) in [5.74, 6) is 0.553. The van der Waals surface area contributed by atoms with Crippen LogP contribution >= 0.6 is 11.6 Å². The molecule has 1 aromatic heterocycles. The fourth-order valence-corrected chi connectivity index (χ4v) is 3.66. The number of pyridine rings is 1. The topological polar surface area (TPSA) is 88.5 Å². The van der Waals surface area contributed by atoms with Crippen LogP contribution in [0.25, 0.3) is 22.4 Å². The Balaban J connectivity index is 2.07. The second-order valence-corrected chi connectivity index (χ2v) is 7.11. The Hall–Kier alpha value is -4.10. The van der Waals surface area contributed by atoms with Crippen molar-refractivity contribution in [3.63, 3.8) is 0 Å². The molecule has 0 saturated carbocycles. The number of nitro groups is 1. The van der Waals surface area contributed by atoms with Gasteiger partial charge in [0.05, 0.1) is 17.6 Å². The van der Waals surface area contributed by atoms with Crippen LogP contribution in [0, 0.1) is 15.3 Å². The predicted molar refractivity (Wildman–Crippen MR) is 121 cm³/mol. The summed E-state index contributed by atoms with van der Waals surface area (Å²) >= 11 is 6.43. The number of hydrogen-bond donors (Lipinski definition) is 0. The van der Waals surface area contributed by atoms with Gasteiger partial charge in [0.1, 0.15) is 17.1 Å². The smallest absolute Gasteiger partial charge is 0.334 e. The van der Waals surface area contributed by atoms with E-state index in [-0.39, 0.29) is 27.9 Å². The number of rotatable bonds is 6. The summed E-state index contributed by atoms with van der Waals surface area (Å²) in [5.41, 5.74) is 0.346. The summed E-state index contributed by atoms with van der Waals surface area (Å²) in [7, 11) is 1.50. The van der Waals surface area contributed by atoms with Crippen LogP contribution in [-0.2, 0) is 0 Å². The van der Waals surface area contributed by atoms with Gasteiger partial charge in [0.15, 0.2) is 0 Å². The van der Waals surface area contributed by atoms with Crippen LogP contribution in [0.4, 0.5) is 5.69 Å². The number of nitrogens with zero attached hydrogens (tertiary/aromatic N) is 2. The van der Waals surface area contributed by atoms with Gasteiger partial charge in [0.25, 0.3) is 11.4 Å². The maximum atomic E-state index is 13.3. The summed E-state index contributed by atoms with van der Waals surface area (Å²) in [6, 6.07) is 23.6. The van der Waals surface area contributed by atoms with Crippen LogP contribution in [0.1, 0.15) is 0 Å². The molecule has 0 aliphatic rings. The van der Waals surface area contributed by atoms with Crippen molar-refractivity contribution in [3.05, 3.63) is 105 Å². The lowest BCUT2D eigenvalue weighted by atomic mass is 10.0. The van der Waals surface area contributed by atoms with Crippen molar-refractivity contribution in [3.8, 4) is 39.6 Å². The number of halogens is 1. The van der Waals surface area contributed by atoms with E-state index in [0.717, 1.165) is 0 Å². The molecule has 160 valence electrons. The second-order valence-electron chi connectivity index (χ2n) is 6.76. The Morgan fingerprint density at radius 1 is 0.875 bits per heavy atom. The molecule has 0 aliphatic heterocycles. The molecular formula is C24H17ClN2O5. The average molecular weight is 449 g/mol. The number of methoxy groups -OCH3 is 1. The Kier molecular flexibility index (Phi) is 5.91. The molecule has 0 aliphatic carbocycles. The fourth-order valence-electron chi connectivity index (χ4n) is 3.37. The van der Waals surface area contributed by atoms with E-state index in [1.807, 2.05) is 0 Å². The van der Waals surface area contributed by atoms with Crippen LogP contribution in [0.5, 0.6) is 17.2 Å². The van der Waals surface area contributed by atoms with E-state index in [1.54, 1.807) is 84.9 Å². The minimum Gasteiger partial charge on any atom is -0.617 e. The maximum absolute atomic E-state index is 13.3. The lowest BCUT2D eigenvalue weighted by molar-refractivity contribution is -0.591. The first-order valence-electron chi connectivity index (χ1n) is 9.57. The van der Waals surface area contributed by atoms with Crippen LogP contribution in [0.15, 0.2) is 84.9 Å². The van der Waals surface area contributed by atoms with Crippen molar-refractivity contribution in [1.82, 2.24) is 0 Å². The highest BCUT2D eigenvalue weighted by molar-refractivity contribution is 6.32. The zero-order valence-electron chi connectivity index (χ0n) is 16.9. The number of ether oxygens (including phenoxy) is 2. The Bertz CT molecular complexity index is 1280. The first-order chi connectivity index (χ1) is 15.5. The van der Waals surface area contributed by atoms with Gasteiger partial charge in [-0.3, -0.25) is 10.1 Å². The van der Waals surface area contributed by atoms with Gasteiger partial charge in [-0.15, -0.1) is 4.73 Å². The Morgan fingerprint density at radius 2 is 1.47 bits per heavy atom. The largest absolute Gasteiger partial charge is 0.617 e. The van der Waals surface area contributed by atoms with Crippen LogP contribution in [0.2, 0.25) is 5.15 Å². The minimum atomic E-state index is -0.587. The highest BCUT2D eigenvalue weighted by Gasteiger charge is 2.38. The average Bonchev–Trinajstić information content (AvgIpc) is 2.82. The summed E-state index contributed by atoms with van der Waals surface area (Å²) < 4.78 is 11.7. The molecule has 4 rings (SSSR count). The van der Waals surface area contributed by atoms with Crippen molar-refractivity contribution in [1.29, 1.82) is 0 Å². The SMILES string of the molecule is COc1cccc(Oc2c([N+](=O)[O-])c(-c3ccccc3)c(Cl)[n+]([O-])c2-c2ccccc2)c1. The first-order valence-corrected chi connectivity index (χ1v) is 9.95. The van der Waals surface area contributed by atoms with E-state index in [9.17, 15) is 15.3 Å². The molecule has 0 N–H and O–H groups in total. The highest BCUT2D eigenvalue weighted by atomic mass is 35.5. The zero-order valence-corrected chi connectivity index (χ0v) is 17.7. The molecule has 0 bridgehead atoms. The van der Waals surface area contributed by atoms with E-state index >= 15 is 0 Å². The van der Waals surface area contributed by atoms with Gasteiger partial charge in [-0.1, -0.05) is 54.6 Å². The molecule has 0 spiro atoms. The van der Waals surface area contributed by atoms with Crippen LogP contribution in [-0.4, -0.2) is 12.0 Å². The molecule has 3 aromatic carbocycles. The van der Waals surface area contributed by atoms with E-state index in [4.69, 9.17) is 21.1 Å². The summed E-state index contributed by atoms with van der Waals surface area (Å²) in [5, 5.41) is 25.3. The summed E-state index contributed by atoms with van der Waals surface area (Å²) in [6.07, 6.45) is 0. The third kappa shape index (κ3) is 3.93. The third-order valence-electron chi connectivity index (χ3n) is 4.81. The standard InChI is InChI=1S/C24H17ClN2O5/c1-31-18-13-8-14-19(15-18)32-23-21(17-11-6-3-7-12-17)26(28)24(25)20(22(23)27(29)30)16-9-4-2-5-10-16/h2-15H,1H3. The normalized spacial score (nSPS) is 10.6. The third-order valence-corrected chi connectivity index (χ3v) is 5.15. The van der Waals surface area contributed by atoms with Gasteiger partial charge >= 0.3 is 10.8 Å².